The Kier molecular flexibility index (Phi) is 3.86. The van der Waals surface area contributed by atoms with Gasteiger partial charge in [0, 0.05) is 0 Å². The molecular weight excluding hydrogens is 308 g/mol. The third kappa shape index (κ3) is 2.42. The minimum atomic E-state index is -0.464. The summed E-state index contributed by atoms with van der Waals surface area (Å²) in [4.78, 5) is 0. The van der Waals surface area contributed by atoms with E-state index in [1.165, 1.54) is 32.1 Å². The van der Waals surface area contributed by atoms with Gasteiger partial charge >= 0.3 is 0 Å². The second-order valence-corrected chi connectivity index (χ2v) is 11.0. The fourth-order valence-electron chi connectivity index (χ4n) is 7.26. The van der Waals surface area contributed by atoms with Gasteiger partial charge in [0.1, 0.15) is 11.7 Å². The Morgan fingerprint density at radius 3 is 2.44 bits per heavy atom. The smallest absolute Gasteiger partial charge is 0.164 e. The lowest BCUT2D eigenvalue weighted by molar-refractivity contribution is -0.173. The number of allylic oxidation sites excluding steroid dienone is 1. The molecule has 2 saturated carbocycles. The molecule has 142 valence electrons. The minimum absolute atomic E-state index is 0.126. The van der Waals surface area contributed by atoms with E-state index in [4.69, 9.17) is 9.47 Å². The van der Waals surface area contributed by atoms with Crippen LogP contribution in [0.3, 0.4) is 0 Å². The number of rotatable bonds is 1. The van der Waals surface area contributed by atoms with Gasteiger partial charge in [0.05, 0.1) is 0 Å². The molecule has 0 N–H and O–H groups in total. The molecule has 1 aliphatic heterocycles. The largest absolute Gasteiger partial charge is 0.341 e. The zero-order valence-corrected chi connectivity index (χ0v) is 17.4. The van der Waals surface area contributed by atoms with Gasteiger partial charge in [-0.3, -0.25) is 0 Å². The van der Waals surface area contributed by atoms with Crippen LogP contribution in [-0.2, 0) is 9.47 Å². The highest BCUT2D eigenvalue weighted by atomic mass is 16.8. The Morgan fingerprint density at radius 1 is 1.04 bits per heavy atom. The molecular formula is C23H38O2. The van der Waals surface area contributed by atoms with Crippen LogP contribution in [0.15, 0.2) is 11.6 Å². The maximum absolute atomic E-state index is 6.60. The summed E-state index contributed by atoms with van der Waals surface area (Å²) in [7, 11) is 0. The van der Waals surface area contributed by atoms with E-state index in [9.17, 15) is 0 Å². The van der Waals surface area contributed by atoms with Gasteiger partial charge < -0.3 is 9.47 Å². The van der Waals surface area contributed by atoms with E-state index in [1.54, 1.807) is 5.57 Å². The monoisotopic (exact) mass is 346 g/mol. The Hall–Kier alpha value is -0.340. The quantitative estimate of drug-likeness (QED) is 0.534. The molecule has 0 aromatic carbocycles. The van der Waals surface area contributed by atoms with Crippen LogP contribution >= 0.6 is 0 Å². The van der Waals surface area contributed by atoms with Crippen molar-refractivity contribution in [3.8, 4) is 0 Å². The molecule has 0 aromatic heterocycles. The molecule has 0 aromatic rings. The van der Waals surface area contributed by atoms with Gasteiger partial charge in [-0.2, -0.15) is 0 Å². The SMILES string of the molecule is CC(C)[C@@]12CC[C@H]3C(=CC[C@H]4C(C)(C)CCC[C@]34C)[C@@H]1OC(C)(C)O2. The summed E-state index contributed by atoms with van der Waals surface area (Å²) in [5.74, 6) is 1.51. The number of fused-ring (bicyclic) bond motifs is 5. The van der Waals surface area contributed by atoms with Gasteiger partial charge in [0.25, 0.3) is 0 Å². The van der Waals surface area contributed by atoms with Crippen LogP contribution in [0.4, 0.5) is 0 Å². The predicted octanol–water partition coefficient (Wildman–Crippen LogP) is 6.11. The van der Waals surface area contributed by atoms with E-state index in [-0.39, 0.29) is 11.7 Å². The summed E-state index contributed by atoms with van der Waals surface area (Å²) < 4.78 is 13.2. The van der Waals surface area contributed by atoms with Crippen molar-refractivity contribution in [2.24, 2.45) is 28.6 Å². The molecule has 1 saturated heterocycles. The van der Waals surface area contributed by atoms with Crippen molar-refractivity contribution in [2.75, 3.05) is 0 Å². The van der Waals surface area contributed by atoms with Crippen LogP contribution < -0.4 is 0 Å². The van der Waals surface area contributed by atoms with Crippen LogP contribution in [-0.4, -0.2) is 17.5 Å². The highest BCUT2D eigenvalue weighted by molar-refractivity contribution is 5.31. The van der Waals surface area contributed by atoms with Crippen LogP contribution in [0.1, 0.15) is 87.0 Å². The van der Waals surface area contributed by atoms with E-state index in [0.29, 0.717) is 22.7 Å². The Bertz CT molecular complexity index is 587. The Morgan fingerprint density at radius 2 is 1.76 bits per heavy atom. The molecule has 2 nitrogen and oxygen atoms in total. The zero-order chi connectivity index (χ0) is 18.3. The van der Waals surface area contributed by atoms with Crippen molar-refractivity contribution in [3.63, 3.8) is 0 Å². The number of hydrogen-bond acceptors (Lipinski definition) is 2. The van der Waals surface area contributed by atoms with Gasteiger partial charge in [-0.1, -0.05) is 47.1 Å². The second kappa shape index (κ2) is 5.35. The van der Waals surface area contributed by atoms with Crippen molar-refractivity contribution in [2.45, 2.75) is 104 Å². The van der Waals surface area contributed by atoms with Crippen molar-refractivity contribution >= 4 is 0 Å². The Labute approximate surface area is 154 Å². The zero-order valence-electron chi connectivity index (χ0n) is 17.4. The first kappa shape index (κ1) is 18.0. The molecule has 5 atom stereocenters. The standard InChI is InChI=1S/C23H38O2/c1-15(2)23-14-11-17-16(19(23)24-21(5,6)25-23)9-10-18-20(3,4)12-8-13-22(17,18)7/h9,15,17-19H,8,10-14H2,1-7H3/t17-,18-,19-,22+,23-/m0/s1. The van der Waals surface area contributed by atoms with Gasteiger partial charge in [0.2, 0.25) is 0 Å². The average molecular weight is 347 g/mol. The molecule has 3 fully saturated rings. The third-order valence-corrected chi connectivity index (χ3v) is 8.45. The topological polar surface area (TPSA) is 18.5 Å². The first-order chi connectivity index (χ1) is 11.5. The van der Waals surface area contributed by atoms with Gasteiger partial charge in [0.15, 0.2) is 5.79 Å². The first-order valence-corrected chi connectivity index (χ1v) is 10.6. The van der Waals surface area contributed by atoms with Gasteiger partial charge in [-0.15, -0.1) is 0 Å². The summed E-state index contributed by atoms with van der Waals surface area (Å²) in [5, 5.41) is 0. The summed E-state index contributed by atoms with van der Waals surface area (Å²) in [6.45, 7) is 16.4. The highest BCUT2D eigenvalue weighted by Gasteiger charge is 2.63. The first-order valence-electron chi connectivity index (χ1n) is 10.6. The van der Waals surface area contributed by atoms with E-state index >= 15 is 0 Å². The second-order valence-electron chi connectivity index (χ2n) is 11.0. The summed E-state index contributed by atoms with van der Waals surface area (Å²) in [6, 6.07) is 0. The molecule has 3 aliphatic carbocycles. The van der Waals surface area contributed by atoms with Gasteiger partial charge in [-0.05, 0) is 80.1 Å². The summed E-state index contributed by atoms with van der Waals surface area (Å²) in [5.41, 5.74) is 2.36. The molecule has 0 unspecified atom stereocenters. The van der Waals surface area contributed by atoms with Crippen LogP contribution in [0.5, 0.6) is 0 Å². The van der Waals surface area contributed by atoms with Crippen molar-refractivity contribution in [1.29, 1.82) is 0 Å². The van der Waals surface area contributed by atoms with Gasteiger partial charge in [-0.25, -0.2) is 0 Å². The predicted molar refractivity (Wildman–Crippen MR) is 102 cm³/mol. The molecule has 2 heteroatoms. The maximum atomic E-state index is 6.60. The fourth-order valence-corrected chi connectivity index (χ4v) is 7.26. The molecule has 0 spiro atoms. The van der Waals surface area contributed by atoms with E-state index < -0.39 is 5.79 Å². The maximum Gasteiger partial charge on any atom is 0.164 e. The average Bonchev–Trinajstić information content (AvgIpc) is 2.78. The van der Waals surface area contributed by atoms with E-state index in [0.717, 1.165) is 12.3 Å². The molecule has 4 rings (SSSR count). The van der Waals surface area contributed by atoms with E-state index in [2.05, 4.69) is 54.5 Å². The highest BCUT2D eigenvalue weighted by Crippen LogP contribution is 2.65. The van der Waals surface area contributed by atoms with Crippen LogP contribution in [0.2, 0.25) is 0 Å². The number of ether oxygens (including phenoxy) is 2. The molecule has 25 heavy (non-hydrogen) atoms. The van der Waals surface area contributed by atoms with Crippen molar-refractivity contribution < 1.29 is 9.47 Å². The minimum Gasteiger partial charge on any atom is -0.341 e. The third-order valence-electron chi connectivity index (χ3n) is 8.45. The molecule has 0 amide bonds. The van der Waals surface area contributed by atoms with Crippen LogP contribution in [0.25, 0.3) is 0 Å². The lowest BCUT2D eigenvalue weighted by Crippen LogP contribution is -2.57. The molecule has 0 bridgehead atoms. The van der Waals surface area contributed by atoms with Crippen LogP contribution in [0, 0.1) is 28.6 Å². The van der Waals surface area contributed by atoms with Crippen molar-refractivity contribution in [3.05, 3.63) is 11.6 Å². The lowest BCUT2D eigenvalue weighted by Gasteiger charge is -2.60. The summed E-state index contributed by atoms with van der Waals surface area (Å²) in [6.07, 6.45) is 10.5. The van der Waals surface area contributed by atoms with Crippen molar-refractivity contribution in [1.82, 2.24) is 0 Å². The van der Waals surface area contributed by atoms with E-state index in [1.807, 2.05) is 0 Å². The number of hydrogen-bond donors (Lipinski definition) is 0. The normalized spacial score (nSPS) is 47.7. The summed E-state index contributed by atoms with van der Waals surface area (Å²) >= 11 is 0. The Balaban J connectivity index is 1.76. The molecule has 0 radical (unpaired) electrons. The fraction of sp³-hybridized carbons (Fsp3) is 0.913. The molecule has 4 aliphatic rings. The lowest BCUT2D eigenvalue weighted by atomic mass is 9.46. The molecule has 1 heterocycles.